The molecule has 1 unspecified atom stereocenters. The molecule has 3 heteroatoms. The molecule has 15 heavy (non-hydrogen) atoms. The van der Waals surface area contributed by atoms with Crippen LogP contribution < -0.4 is 5.32 Å². The molecule has 0 spiro atoms. The van der Waals surface area contributed by atoms with Gasteiger partial charge in [0.05, 0.1) is 0 Å². The quantitative estimate of drug-likeness (QED) is 0.845. The van der Waals surface area contributed by atoms with Gasteiger partial charge in [-0.2, -0.15) is 11.8 Å². The maximum absolute atomic E-state index is 13.4. The Hall–Kier alpha value is -0.540. The maximum atomic E-state index is 13.4. The molecule has 1 aliphatic rings. The fraction of sp³-hybridized carbons (Fsp3) is 0.500. The van der Waals surface area contributed by atoms with Gasteiger partial charge in [-0.05, 0) is 17.5 Å². The first-order valence-corrected chi connectivity index (χ1v) is 6.48. The molecule has 0 bridgehead atoms. The SMILES string of the molecule is CC(CNC1CSC1)c1ccccc1F. The number of rotatable bonds is 4. The Kier molecular flexibility index (Phi) is 3.65. The molecular formula is C12H16FNS. The molecular weight excluding hydrogens is 209 g/mol. The van der Waals surface area contributed by atoms with Crippen molar-refractivity contribution >= 4 is 11.8 Å². The summed E-state index contributed by atoms with van der Waals surface area (Å²) in [6, 6.07) is 7.68. The third kappa shape index (κ3) is 2.73. The molecule has 1 N–H and O–H groups in total. The van der Waals surface area contributed by atoms with Crippen LogP contribution in [0, 0.1) is 5.82 Å². The lowest BCUT2D eigenvalue weighted by Gasteiger charge is -2.27. The van der Waals surface area contributed by atoms with Gasteiger partial charge in [-0.15, -0.1) is 0 Å². The van der Waals surface area contributed by atoms with Crippen molar-refractivity contribution in [2.45, 2.75) is 18.9 Å². The van der Waals surface area contributed by atoms with E-state index in [1.165, 1.54) is 17.6 Å². The number of hydrogen-bond acceptors (Lipinski definition) is 2. The van der Waals surface area contributed by atoms with Gasteiger partial charge >= 0.3 is 0 Å². The minimum Gasteiger partial charge on any atom is -0.312 e. The van der Waals surface area contributed by atoms with Crippen LogP contribution >= 0.6 is 11.8 Å². The normalized spacial score (nSPS) is 18.5. The summed E-state index contributed by atoms with van der Waals surface area (Å²) in [6.07, 6.45) is 0. The molecule has 1 aromatic rings. The summed E-state index contributed by atoms with van der Waals surface area (Å²) >= 11 is 1.96. The van der Waals surface area contributed by atoms with Crippen LogP contribution in [0.15, 0.2) is 24.3 Å². The summed E-state index contributed by atoms with van der Waals surface area (Å²) in [5, 5.41) is 3.46. The molecule has 1 fully saturated rings. The lowest BCUT2D eigenvalue weighted by atomic mass is 10.0. The minimum absolute atomic E-state index is 0.0882. The second-order valence-electron chi connectivity index (χ2n) is 4.07. The second kappa shape index (κ2) is 4.99. The first-order valence-electron chi connectivity index (χ1n) is 5.33. The molecule has 1 aromatic carbocycles. The van der Waals surface area contributed by atoms with Gasteiger partial charge in [0, 0.05) is 24.1 Å². The molecule has 1 nitrogen and oxygen atoms in total. The van der Waals surface area contributed by atoms with Gasteiger partial charge in [0.2, 0.25) is 0 Å². The van der Waals surface area contributed by atoms with E-state index in [1.54, 1.807) is 6.07 Å². The summed E-state index contributed by atoms with van der Waals surface area (Å²) in [5.74, 6) is 2.56. The lowest BCUT2D eigenvalue weighted by Crippen LogP contribution is -2.41. The van der Waals surface area contributed by atoms with Crippen molar-refractivity contribution in [2.24, 2.45) is 0 Å². The first kappa shape index (κ1) is 11.0. The van der Waals surface area contributed by atoms with E-state index in [2.05, 4.69) is 12.2 Å². The minimum atomic E-state index is -0.0882. The fourth-order valence-corrected chi connectivity index (χ4v) is 2.39. The summed E-state index contributed by atoms with van der Waals surface area (Å²) in [4.78, 5) is 0. The number of benzene rings is 1. The third-order valence-corrected chi connectivity index (χ3v) is 4.06. The summed E-state index contributed by atoms with van der Waals surface area (Å²) in [5.41, 5.74) is 0.817. The second-order valence-corrected chi connectivity index (χ2v) is 5.14. The van der Waals surface area contributed by atoms with E-state index in [4.69, 9.17) is 0 Å². The summed E-state index contributed by atoms with van der Waals surface area (Å²) in [7, 11) is 0. The molecule has 0 aliphatic carbocycles. The van der Waals surface area contributed by atoms with Gasteiger partial charge in [-0.3, -0.25) is 0 Å². The van der Waals surface area contributed by atoms with E-state index in [0.29, 0.717) is 6.04 Å². The Morgan fingerprint density at radius 3 is 2.80 bits per heavy atom. The fourth-order valence-electron chi connectivity index (χ4n) is 1.68. The van der Waals surface area contributed by atoms with E-state index in [0.717, 1.165) is 12.1 Å². The highest BCUT2D eigenvalue weighted by Gasteiger charge is 2.18. The van der Waals surface area contributed by atoms with E-state index < -0.39 is 0 Å². The van der Waals surface area contributed by atoms with Crippen molar-refractivity contribution < 1.29 is 4.39 Å². The van der Waals surface area contributed by atoms with Crippen molar-refractivity contribution in [3.05, 3.63) is 35.6 Å². The van der Waals surface area contributed by atoms with Crippen LogP contribution in [0.5, 0.6) is 0 Å². The van der Waals surface area contributed by atoms with Crippen molar-refractivity contribution in [3.63, 3.8) is 0 Å². The number of halogens is 1. The Bertz CT molecular complexity index is 325. The van der Waals surface area contributed by atoms with Crippen LogP contribution in [-0.4, -0.2) is 24.1 Å². The van der Waals surface area contributed by atoms with Gasteiger partial charge in [-0.1, -0.05) is 25.1 Å². The maximum Gasteiger partial charge on any atom is 0.126 e. The van der Waals surface area contributed by atoms with Crippen LogP contribution in [0.4, 0.5) is 4.39 Å². The zero-order valence-electron chi connectivity index (χ0n) is 8.87. The van der Waals surface area contributed by atoms with Crippen LogP contribution in [0.3, 0.4) is 0 Å². The Labute approximate surface area is 94.5 Å². The smallest absolute Gasteiger partial charge is 0.126 e. The standard InChI is InChI=1S/C12H16FNS/c1-9(6-14-10-7-15-8-10)11-4-2-3-5-12(11)13/h2-5,9-10,14H,6-8H2,1H3. The highest BCUT2D eigenvalue weighted by atomic mass is 32.2. The molecule has 0 radical (unpaired) electrons. The van der Waals surface area contributed by atoms with Gasteiger partial charge in [-0.25, -0.2) is 4.39 Å². The Morgan fingerprint density at radius 1 is 1.47 bits per heavy atom. The first-order chi connectivity index (χ1) is 7.27. The average molecular weight is 225 g/mol. The summed E-state index contributed by atoms with van der Waals surface area (Å²) < 4.78 is 13.4. The van der Waals surface area contributed by atoms with Gasteiger partial charge in [0.1, 0.15) is 5.82 Å². The van der Waals surface area contributed by atoms with Crippen LogP contribution in [0.25, 0.3) is 0 Å². The predicted molar refractivity (Wildman–Crippen MR) is 63.9 cm³/mol. The largest absolute Gasteiger partial charge is 0.312 e. The molecule has 1 heterocycles. The number of nitrogens with one attached hydrogen (secondary N) is 1. The molecule has 0 aromatic heterocycles. The number of hydrogen-bond donors (Lipinski definition) is 1. The lowest BCUT2D eigenvalue weighted by molar-refractivity contribution is 0.523. The average Bonchev–Trinajstić information content (AvgIpc) is 2.16. The van der Waals surface area contributed by atoms with Crippen molar-refractivity contribution in [3.8, 4) is 0 Å². The topological polar surface area (TPSA) is 12.0 Å². The zero-order chi connectivity index (χ0) is 10.7. The van der Waals surface area contributed by atoms with E-state index in [9.17, 15) is 4.39 Å². The number of thioether (sulfide) groups is 1. The molecule has 1 saturated heterocycles. The third-order valence-electron chi connectivity index (χ3n) is 2.79. The molecule has 1 atom stereocenters. The van der Waals surface area contributed by atoms with Crippen LogP contribution in [0.1, 0.15) is 18.4 Å². The predicted octanol–water partition coefficient (Wildman–Crippen LogP) is 2.63. The molecule has 0 amide bonds. The highest BCUT2D eigenvalue weighted by Crippen LogP contribution is 2.20. The van der Waals surface area contributed by atoms with Crippen molar-refractivity contribution in [1.29, 1.82) is 0 Å². The zero-order valence-corrected chi connectivity index (χ0v) is 9.69. The molecule has 1 aliphatic heterocycles. The van der Waals surface area contributed by atoms with Crippen LogP contribution in [-0.2, 0) is 0 Å². The molecule has 82 valence electrons. The molecule has 0 saturated carbocycles. The van der Waals surface area contributed by atoms with E-state index in [1.807, 2.05) is 23.9 Å². The van der Waals surface area contributed by atoms with E-state index >= 15 is 0 Å². The summed E-state index contributed by atoms with van der Waals surface area (Å²) in [6.45, 7) is 2.93. The van der Waals surface area contributed by atoms with Gasteiger partial charge < -0.3 is 5.32 Å². The van der Waals surface area contributed by atoms with Crippen LogP contribution in [0.2, 0.25) is 0 Å². The Morgan fingerprint density at radius 2 is 2.20 bits per heavy atom. The molecule has 2 rings (SSSR count). The van der Waals surface area contributed by atoms with Crippen molar-refractivity contribution in [2.75, 3.05) is 18.1 Å². The van der Waals surface area contributed by atoms with Gasteiger partial charge in [0.25, 0.3) is 0 Å². The Balaban J connectivity index is 1.89. The van der Waals surface area contributed by atoms with Crippen molar-refractivity contribution in [1.82, 2.24) is 5.32 Å². The van der Waals surface area contributed by atoms with Gasteiger partial charge in [0.15, 0.2) is 0 Å². The monoisotopic (exact) mass is 225 g/mol. The highest BCUT2D eigenvalue weighted by molar-refractivity contribution is 8.00. The van der Waals surface area contributed by atoms with E-state index in [-0.39, 0.29) is 11.7 Å².